The van der Waals surface area contributed by atoms with Gasteiger partial charge >= 0.3 is 0 Å². The Labute approximate surface area is 176 Å². The van der Waals surface area contributed by atoms with Crippen LogP contribution >= 0.6 is 11.6 Å². The second kappa shape index (κ2) is 9.93. The molecule has 0 aliphatic carbocycles. The van der Waals surface area contributed by atoms with Crippen LogP contribution in [0.25, 0.3) is 0 Å². The highest BCUT2D eigenvalue weighted by Gasteiger charge is 2.35. The van der Waals surface area contributed by atoms with Crippen LogP contribution in [0.2, 0.25) is 5.02 Å². The maximum atomic E-state index is 13.2. The monoisotopic (exact) mass is 416 g/mol. The molecule has 1 heterocycles. The molecule has 2 aromatic carbocycles. The Balaban J connectivity index is 1.74. The van der Waals surface area contributed by atoms with Crippen molar-refractivity contribution in [3.8, 4) is 5.75 Å². The van der Waals surface area contributed by atoms with Gasteiger partial charge < -0.3 is 9.64 Å². The van der Waals surface area contributed by atoms with Crippen molar-refractivity contribution in [1.29, 1.82) is 0 Å². The zero-order valence-electron chi connectivity index (χ0n) is 16.8. The lowest BCUT2D eigenvalue weighted by Crippen LogP contribution is -2.54. The normalized spacial score (nSPS) is 18.4. The number of nitrogens with zero attached hydrogens (tertiary/aromatic N) is 2. The number of carbonyl (C=O) groups excluding carboxylic acids is 1. The van der Waals surface area contributed by atoms with E-state index in [2.05, 4.69) is 24.7 Å². The van der Waals surface area contributed by atoms with Gasteiger partial charge in [-0.05, 0) is 47.9 Å². The van der Waals surface area contributed by atoms with E-state index in [4.69, 9.17) is 16.3 Å². The van der Waals surface area contributed by atoms with Gasteiger partial charge in [-0.25, -0.2) is 9.18 Å². The van der Waals surface area contributed by atoms with Crippen LogP contribution in [-0.4, -0.2) is 41.6 Å². The molecule has 0 bridgehead atoms. The Bertz CT molecular complexity index is 850. The molecule has 0 saturated carbocycles. The summed E-state index contributed by atoms with van der Waals surface area (Å²) >= 11 is 5.92. The topological polar surface area (TPSA) is 32.8 Å². The van der Waals surface area contributed by atoms with E-state index in [9.17, 15) is 9.18 Å². The van der Waals surface area contributed by atoms with Crippen LogP contribution < -0.4 is 4.74 Å². The van der Waals surface area contributed by atoms with Crippen molar-refractivity contribution in [3.63, 3.8) is 0 Å². The van der Waals surface area contributed by atoms with Gasteiger partial charge in [0.05, 0.1) is 6.04 Å². The van der Waals surface area contributed by atoms with Crippen LogP contribution in [0, 0.1) is 11.7 Å². The summed E-state index contributed by atoms with van der Waals surface area (Å²) in [6.07, 6.45) is 0.932. The van der Waals surface area contributed by atoms with Crippen molar-refractivity contribution < 1.29 is 13.9 Å². The van der Waals surface area contributed by atoms with Crippen LogP contribution in [0.4, 0.5) is 4.39 Å². The smallest absolute Gasteiger partial charge is 0.161 e. The van der Waals surface area contributed by atoms with Gasteiger partial charge in [0.15, 0.2) is 6.73 Å². The Hall–Kier alpha value is -2.33. The summed E-state index contributed by atoms with van der Waals surface area (Å²) in [7, 11) is 0. The van der Waals surface area contributed by atoms with Crippen molar-refractivity contribution in [2.24, 2.45) is 5.92 Å². The lowest BCUT2D eigenvalue weighted by molar-refractivity contribution is 0.0469. The molecule has 0 N–H and O–H groups in total. The predicted octanol–water partition coefficient (Wildman–Crippen LogP) is 4.76. The lowest BCUT2D eigenvalue weighted by Gasteiger charge is -2.44. The zero-order chi connectivity index (χ0) is 20.8. The van der Waals surface area contributed by atoms with E-state index in [0.29, 0.717) is 29.6 Å². The third kappa shape index (κ3) is 5.39. The fourth-order valence-corrected chi connectivity index (χ4v) is 3.79. The first kappa shape index (κ1) is 21.4. The van der Waals surface area contributed by atoms with Crippen molar-refractivity contribution in [2.75, 3.05) is 19.8 Å². The highest BCUT2D eigenvalue weighted by atomic mass is 35.5. The molecule has 0 amide bonds. The molecule has 4 nitrogen and oxygen atoms in total. The number of hydrogen-bond donors (Lipinski definition) is 0. The van der Waals surface area contributed by atoms with Gasteiger partial charge in [-0.1, -0.05) is 44.0 Å². The summed E-state index contributed by atoms with van der Waals surface area (Å²) in [5.74, 6) is 2.90. The van der Waals surface area contributed by atoms with Crippen molar-refractivity contribution in [2.45, 2.75) is 32.9 Å². The molecule has 2 atom stereocenters. The highest BCUT2D eigenvalue weighted by Crippen LogP contribution is 2.29. The van der Waals surface area contributed by atoms with Gasteiger partial charge in [-0.3, -0.25) is 4.90 Å². The summed E-state index contributed by atoms with van der Waals surface area (Å²) < 4.78 is 19.1. The average Bonchev–Trinajstić information content (AvgIpc) is 2.74. The molecule has 2 aromatic rings. The van der Waals surface area contributed by atoms with Gasteiger partial charge in [-0.15, -0.1) is 0 Å². The molecule has 154 valence electrons. The molecular formula is C23H26ClFN2O2. The first-order valence-corrected chi connectivity index (χ1v) is 10.3. The molecule has 29 heavy (non-hydrogen) atoms. The Morgan fingerprint density at radius 1 is 1.17 bits per heavy atom. The Morgan fingerprint density at radius 3 is 2.48 bits per heavy atom. The average molecular weight is 417 g/mol. The molecule has 1 aliphatic heterocycles. The quantitative estimate of drug-likeness (QED) is 0.609. The number of piperazine rings is 1. The summed E-state index contributed by atoms with van der Waals surface area (Å²) in [4.78, 5) is 16.2. The zero-order valence-corrected chi connectivity index (χ0v) is 17.5. The molecular weight excluding hydrogens is 391 g/mol. The molecule has 0 radical (unpaired) electrons. The first-order chi connectivity index (χ1) is 14.0. The summed E-state index contributed by atoms with van der Waals surface area (Å²) in [5.41, 5.74) is 1.64. The molecule has 6 heteroatoms. The van der Waals surface area contributed by atoms with Gasteiger partial charge in [0.25, 0.3) is 0 Å². The van der Waals surface area contributed by atoms with E-state index < -0.39 is 0 Å². The number of halogens is 2. The van der Waals surface area contributed by atoms with Crippen LogP contribution in [-0.2, 0) is 11.3 Å². The van der Waals surface area contributed by atoms with Crippen LogP contribution in [0.1, 0.15) is 25.8 Å². The highest BCUT2D eigenvalue weighted by molar-refractivity contribution is 6.30. The minimum atomic E-state index is -0.245. The largest absolute Gasteiger partial charge is 0.473 e. The molecule has 1 unspecified atom stereocenters. The van der Waals surface area contributed by atoms with Crippen molar-refractivity contribution in [1.82, 2.24) is 9.80 Å². The summed E-state index contributed by atoms with van der Waals surface area (Å²) in [6.45, 7) is 6.64. The molecule has 0 aromatic heterocycles. The summed E-state index contributed by atoms with van der Waals surface area (Å²) in [6, 6.07) is 13.6. The molecule has 0 spiro atoms. The maximum Gasteiger partial charge on any atom is 0.161 e. The minimum absolute atomic E-state index is 0.0647. The number of hydrogen-bond acceptors (Lipinski definition) is 4. The van der Waals surface area contributed by atoms with Crippen molar-refractivity contribution in [3.05, 3.63) is 70.6 Å². The van der Waals surface area contributed by atoms with E-state index in [-0.39, 0.29) is 24.5 Å². The van der Waals surface area contributed by atoms with Gasteiger partial charge in [0.2, 0.25) is 0 Å². The number of rotatable bonds is 7. The fraction of sp³-hybridized carbons (Fsp3) is 0.391. The van der Waals surface area contributed by atoms with E-state index in [1.807, 2.05) is 17.0 Å². The Morgan fingerprint density at radius 2 is 1.86 bits per heavy atom. The number of benzene rings is 2. The molecule has 3 rings (SSSR count). The molecule has 1 aliphatic rings. The number of ether oxygens (including phenoxy) is 1. The second-order valence-corrected chi connectivity index (χ2v) is 7.84. The fourth-order valence-electron chi connectivity index (χ4n) is 3.67. The SMILES string of the molecule is CCC(C)[C@H]1C(=C=O)N(COc2ccc(Cl)cc2)CCN1Cc1ccc(F)cc1. The van der Waals surface area contributed by atoms with Crippen LogP contribution in [0.15, 0.2) is 54.2 Å². The van der Waals surface area contributed by atoms with Gasteiger partial charge in [-0.2, -0.15) is 0 Å². The van der Waals surface area contributed by atoms with Gasteiger partial charge in [0.1, 0.15) is 23.2 Å². The minimum Gasteiger partial charge on any atom is -0.473 e. The van der Waals surface area contributed by atoms with Crippen molar-refractivity contribution >= 4 is 17.5 Å². The predicted molar refractivity (Wildman–Crippen MR) is 113 cm³/mol. The maximum absolute atomic E-state index is 13.2. The standard InChI is InChI=1S/C23H26ClFN2O2/c1-3-17(2)23-22(15-28)27(16-29-21-10-6-19(24)7-11-21)13-12-26(23)14-18-4-8-20(25)9-5-18/h4-11,17,23H,3,12-14,16H2,1-2H3/t17?,23-/m0/s1. The Kier molecular flexibility index (Phi) is 7.32. The van der Waals surface area contributed by atoms with E-state index in [1.165, 1.54) is 12.1 Å². The third-order valence-electron chi connectivity index (χ3n) is 5.46. The second-order valence-electron chi connectivity index (χ2n) is 7.41. The summed E-state index contributed by atoms with van der Waals surface area (Å²) in [5, 5.41) is 0.650. The van der Waals surface area contributed by atoms with Gasteiger partial charge in [0, 0.05) is 24.7 Å². The van der Waals surface area contributed by atoms with Crippen LogP contribution in [0.5, 0.6) is 5.75 Å². The van der Waals surface area contributed by atoms with Crippen LogP contribution in [0.3, 0.4) is 0 Å². The molecule has 1 fully saturated rings. The van der Waals surface area contributed by atoms with E-state index in [1.54, 1.807) is 24.3 Å². The van der Waals surface area contributed by atoms with E-state index in [0.717, 1.165) is 18.5 Å². The van der Waals surface area contributed by atoms with E-state index >= 15 is 0 Å². The third-order valence-corrected chi connectivity index (χ3v) is 5.71. The lowest BCUT2D eigenvalue weighted by atomic mass is 9.92. The first-order valence-electron chi connectivity index (χ1n) is 9.88. The molecule has 1 saturated heterocycles.